The third-order valence-corrected chi connectivity index (χ3v) is 1.76. The first-order valence-electron chi connectivity index (χ1n) is 5.12. The molecule has 0 bridgehead atoms. The van der Waals surface area contributed by atoms with E-state index in [4.69, 9.17) is 10.5 Å². The van der Waals surface area contributed by atoms with Crippen molar-refractivity contribution in [3.05, 3.63) is 24.3 Å². The number of nitrogens with zero attached hydrogens (tertiary/aromatic N) is 2. The monoisotopic (exact) mass is 223 g/mol. The highest BCUT2D eigenvalue weighted by molar-refractivity contribution is 5.76. The van der Waals surface area contributed by atoms with Crippen molar-refractivity contribution >= 4 is 5.97 Å². The second kappa shape index (κ2) is 5.03. The van der Waals surface area contributed by atoms with Gasteiger partial charge < -0.3 is 10.5 Å². The first kappa shape index (κ1) is 12.6. The molecule has 0 aliphatic heterocycles. The molecule has 88 valence electrons. The summed E-state index contributed by atoms with van der Waals surface area (Å²) < 4.78 is 5.16. The molecule has 0 spiro atoms. The lowest BCUT2D eigenvalue weighted by molar-refractivity contribution is -0.156. The van der Waals surface area contributed by atoms with Crippen LogP contribution in [-0.2, 0) is 16.0 Å². The van der Waals surface area contributed by atoms with Gasteiger partial charge in [0.1, 0.15) is 11.6 Å². The summed E-state index contributed by atoms with van der Waals surface area (Å²) in [4.78, 5) is 19.5. The molecule has 0 amide bonds. The smallest absolute Gasteiger partial charge is 0.323 e. The van der Waals surface area contributed by atoms with Gasteiger partial charge in [-0.15, -0.1) is 0 Å². The van der Waals surface area contributed by atoms with Crippen molar-refractivity contribution < 1.29 is 9.53 Å². The Balaban J connectivity index is 2.53. The number of hydrogen-bond donors (Lipinski definition) is 1. The minimum Gasteiger partial charge on any atom is -0.459 e. The van der Waals surface area contributed by atoms with Gasteiger partial charge in [0.15, 0.2) is 0 Å². The largest absolute Gasteiger partial charge is 0.459 e. The zero-order valence-electron chi connectivity index (χ0n) is 9.80. The lowest BCUT2D eigenvalue weighted by Crippen LogP contribution is -2.39. The summed E-state index contributed by atoms with van der Waals surface area (Å²) in [6.45, 7) is 5.42. The van der Waals surface area contributed by atoms with E-state index < -0.39 is 17.6 Å². The Labute approximate surface area is 95.0 Å². The van der Waals surface area contributed by atoms with Crippen molar-refractivity contribution in [1.29, 1.82) is 0 Å². The van der Waals surface area contributed by atoms with E-state index in [2.05, 4.69) is 9.97 Å². The Morgan fingerprint density at radius 3 is 2.69 bits per heavy atom. The molecule has 2 N–H and O–H groups in total. The van der Waals surface area contributed by atoms with Gasteiger partial charge in [-0.1, -0.05) is 0 Å². The van der Waals surface area contributed by atoms with Crippen molar-refractivity contribution in [1.82, 2.24) is 9.97 Å². The van der Waals surface area contributed by atoms with Crippen LogP contribution >= 0.6 is 0 Å². The molecule has 5 nitrogen and oxygen atoms in total. The van der Waals surface area contributed by atoms with Crippen LogP contribution in [0.1, 0.15) is 26.5 Å². The van der Waals surface area contributed by atoms with Crippen molar-refractivity contribution in [3.8, 4) is 0 Å². The van der Waals surface area contributed by atoms with Crippen LogP contribution in [0.4, 0.5) is 0 Å². The molecule has 0 aliphatic rings. The van der Waals surface area contributed by atoms with E-state index in [0.29, 0.717) is 12.1 Å². The maximum Gasteiger partial charge on any atom is 0.323 e. The minimum atomic E-state index is -0.698. The summed E-state index contributed by atoms with van der Waals surface area (Å²) in [5, 5.41) is 0. The third-order valence-electron chi connectivity index (χ3n) is 1.76. The Hall–Kier alpha value is -1.49. The van der Waals surface area contributed by atoms with Gasteiger partial charge in [-0.3, -0.25) is 14.8 Å². The zero-order chi connectivity index (χ0) is 12.2. The highest BCUT2D eigenvalue weighted by Crippen LogP contribution is 2.09. The van der Waals surface area contributed by atoms with Gasteiger partial charge in [0.2, 0.25) is 0 Å². The van der Waals surface area contributed by atoms with Crippen molar-refractivity contribution in [2.24, 2.45) is 5.73 Å². The first-order chi connectivity index (χ1) is 7.38. The second-order valence-electron chi connectivity index (χ2n) is 4.54. The molecule has 5 heteroatoms. The molecular formula is C11H17N3O2. The summed E-state index contributed by atoms with van der Waals surface area (Å²) in [5.41, 5.74) is 5.88. The standard InChI is InChI=1S/C11H17N3O2/c1-11(2,3)16-10(15)9(12)6-8-7-13-4-5-14-8/h4-5,7,9H,6,12H2,1-3H3/t9-/m0/s1. The van der Waals surface area contributed by atoms with E-state index in [-0.39, 0.29) is 0 Å². The number of carbonyl (C=O) groups excluding carboxylic acids is 1. The molecule has 1 heterocycles. The fraction of sp³-hybridized carbons (Fsp3) is 0.545. The van der Waals surface area contributed by atoms with Crippen molar-refractivity contribution in [2.75, 3.05) is 0 Å². The van der Waals surface area contributed by atoms with Crippen LogP contribution in [-0.4, -0.2) is 27.6 Å². The fourth-order valence-electron chi connectivity index (χ4n) is 1.12. The van der Waals surface area contributed by atoms with Crippen LogP contribution in [0.15, 0.2) is 18.6 Å². The van der Waals surface area contributed by atoms with Crippen LogP contribution in [0.2, 0.25) is 0 Å². The number of rotatable bonds is 3. The van der Waals surface area contributed by atoms with Crippen LogP contribution in [0.5, 0.6) is 0 Å². The molecule has 0 radical (unpaired) electrons. The summed E-state index contributed by atoms with van der Waals surface area (Å²) in [5.74, 6) is -0.418. The van der Waals surface area contributed by atoms with E-state index in [1.165, 1.54) is 0 Å². The highest BCUT2D eigenvalue weighted by atomic mass is 16.6. The SMILES string of the molecule is CC(C)(C)OC(=O)[C@@H](N)Cc1cnccn1. The van der Waals surface area contributed by atoms with Crippen LogP contribution in [0.25, 0.3) is 0 Å². The molecule has 0 saturated heterocycles. The van der Waals surface area contributed by atoms with E-state index in [0.717, 1.165) is 0 Å². The number of ether oxygens (including phenoxy) is 1. The number of esters is 1. The lowest BCUT2D eigenvalue weighted by atomic mass is 10.1. The quantitative estimate of drug-likeness (QED) is 0.763. The molecule has 0 saturated carbocycles. The number of carbonyl (C=O) groups is 1. The number of nitrogens with two attached hydrogens (primary N) is 1. The van der Waals surface area contributed by atoms with Crippen LogP contribution in [0, 0.1) is 0 Å². The molecule has 0 aliphatic carbocycles. The Bertz CT molecular complexity index is 346. The fourth-order valence-corrected chi connectivity index (χ4v) is 1.12. The van der Waals surface area contributed by atoms with E-state index in [1.54, 1.807) is 39.4 Å². The molecule has 1 rings (SSSR count). The first-order valence-corrected chi connectivity index (χ1v) is 5.12. The number of hydrogen-bond acceptors (Lipinski definition) is 5. The van der Waals surface area contributed by atoms with Gasteiger partial charge in [-0.2, -0.15) is 0 Å². The zero-order valence-corrected chi connectivity index (χ0v) is 9.80. The summed E-state index contributed by atoms with van der Waals surface area (Å²) in [6, 6.07) is -0.698. The molecule has 0 aromatic carbocycles. The maximum atomic E-state index is 11.6. The molecule has 1 aromatic heterocycles. The number of aromatic nitrogens is 2. The molecule has 1 atom stereocenters. The van der Waals surface area contributed by atoms with Gasteiger partial charge in [0, 0.05) is 25.0 Å². The second-order valence-corrected chi connectivity index (χ2v) is 4.54. The lowest BCUT2D eigenvalue weighted by Gasteiger charge is -2.21. The highest BCUT2D eigenvalue weighted by Gasteiger charge is 2.22. The predicted molar refractivity (Wildman–Crippen MR) is 59.6 cm³/mol. The van der Waals surface area contributed by atoms with Crippen molar-refractivity contribution in [3.63, 3.8) is 0 Å². The minimum absolute atomic E-state index is 0.336. The topological polar surface area (TPSA) is 78.1 Å². The van der Waals surface area contributed by atoms with Crippen molar-refractivity contribution in [2.45, 2.75) is 38.8 Å². The average Bonchev–Trinajstić information content (AvgIpc) is 2.16. The van der Waals surface area contributed by atoms with Gasteiger partial charge in [-0.25, -0.2) is 0 Å². The van der Waals surface area contributed by atoms with Crippen LogP contribution in [0.3, 0.4) is 0 Å². The molecule has 16 heavy (non-hydrogen) atoms. The van der Waals surface area contributed by atoms with Crippen LogP contribution < -0.4 is 5.73 Å². The van der Waals surface area contributed by atoms with E-state index in [1.807, 2.05) is 0 Å². The van der Waals surface area contributed by atoms with Gasteiger partial charge in [-0.05, 0) is 20.8 Å². The Kier molecular flexibility index (Phi) is 3.95. The summed E-state index contributed by atoms with van der Waals surface area (Å²) in [6.07, 6.45) is 5.06. The van der Waals surface area contributed by atoms with Gasteiger partial charge >= 0.3 is 5.97 Å². The van der Waals surface area contributed by atoms with Gasteiger partial charge in [0.25, 0.3) is 0 Å². The third kappa shape index (κ3) is 4.35. The molecular weight excluding hydrogens is 206 g/mol. The maximum absolute atomic E-state index is 11.6. The summed E-state index contributed by atoms with van der Waals surface area (Å²) >= 11 is 0. The molecule has 1 aromatic rings. The average molecular weight is 223 g/mol. The van der Waals surface area contributed by atoms with Gasteiger partial charge in [0.05, 0.1) is 5.69 Å². The summed E-state index contributed by atoms with van der Waals surface area (Å²) in [7, 11) is 0. The molecule has 0 fully saturated rings. The predicted octanol–water partition coefficient (Wildman–Crippen LogP) is 0.688. The Morgan fingerprint density at radius 2 is 2.19 bits per heavy atom. The normalized spacial score (nSPS) is 13.2. The molecule has 0 unspecified atom stereocenters. The Morgan fingerprint density at radius 1 is 1.50 bits per heavy atom. The van der Waals surface area contributed by atoms with E-state index >= 15 is 0 Å². The van der Waals surface area contributed by atoms with E-state index in [9.17, 15) is 4.79 Å².